The number of hydrogen-bond donors (Lipinski definition) is 0. The Hall–Kier alpha value is -3.99. The number of fused-ring (bicyclic) bond motifs is 2. The molecular formula is C25H19N3O2. The highest BCUT2D eigenvalue weighted by Crippen LogP contribution is 2.21. The zero-order chi connectivity index (χ0) is 20.7. The molecule has 0 unspecified atom stereocenters. The third-order valence-electron chi connectivity index (χ3n) is 5.42. The molecule has 0 saturated heterocycles. The molecule has 5 heteroatoms. The van der Waals surface area contributed by atoms with Crippen LogP contribution >= 0.6 is 0 Å². The lowest BCUT2D eigenvalue weighted by Gasteiger charge is -2.16. The number of aryl methyl sites for hydroxylation is 1. The third-order valence-corrected chi connectivity index (χ3v) is 5.42. The Kier molecular flexibility index (Phi) is 4.29. The quantitative estimate of drug-likeness (QED) is 0.436. The largest absolute Gasteiger partial charge is 0.328 e. The van der Waals surface area contributed by atoms with Crippen LogP contribution in [0.4, 0.5) is 0 Å². The predicted molar refractivity (Wildman–Crippen MR) is 120 cm³/mol. The number of pyridine rings is 1. The van der Waals surface area contributed by atoms with Gasteiger partial charge < -0.3 is 4.57 Å². The number of benzene rings is 3. The Morgan fingerprint density at radius 1 is 0.800 bits per heavy atom. The minimum absolute atomic E-state index is 0.117. The van der Waals surface area contributed by atoms with Crippen LogP contribution < -0.4 is 11.0 Å². The van der Waals surface area contributed by atoms with Crippen molar-refractivity contribution in [2.24, 2.45) is 7.05 Å². The maximum Gasteiger partial charge on any atom is 0.267 e. The highest BCUT2D eigenvalue weighted by molar-refractivity contribution is 5.91. The normalized spacial score (nSPS) is 11.2. The van der Waals surface area contributed by atoms with Gasteiger partial charge in [-0.1, -0.05) is 72.8 Å². The molecule has 2 heterocycles. The first-order chi connectivity index (χ1) is 14.6. The van der Waals surface area contributed by atoms with Gasteiger partial charge in [0.2, 0.25) is 5.43 Å². The van der Waals surface area contributed by atoms with E-state index in [0.717, 1.165) is 16.6 Å². The van der Waals surface area contributed by atoms with Crippen molar-refractivity contribution >= 4 is 21.9 Å². The molecule has 0 N–H and O–H groups in total. The number of aromatic nitrogens is 3. The molecule has 30 heavy (non-hydrogen) atoms. The summed E-state index contributed by atoms with van der Waals surface area (Å²) in [6, 6.07) is 26.6. The van der Waals surface area contributed by atoms with E-state index in [-0.39, 0.29) is 16.4 Å². The minimum atomic E-state index is -0.325. The van der Waals surface area contributed by atoms with E-state index in [4.69, 9.17) is 4.98 Å². The van der Waals surface area contributed by atoms with Crippen molar-refractivity contribution in [2.75, 3.05) is 0 Å². The molecule has 5 nitrogen and oxygen atoms in total. The van der Waals surface area contributed by atoms with Crippen molar-refractivity contribution in [3.63, 3.8) is 0 Å². The second kappa shape index (κ2) is 7.12. The maximum absolute atomic E-state index is 13.7. The van der Waals surface area contributed by atoms with Crippen LogP contribution in [0.5, 0.6) is 0 Å². The summed E-state index contributed by atoms with van der Waals surface area (Å²) in [7, 11) is 1.84. The average Bonchev–Trinajstić information content (AvgIpc) is 2.80. The van der Waals surface area contributed by atoms with Gasteiger partial charge in [-0.3, -0.25) is 14.2 Å². The molecule has 0 fully saturated rings. The molecule has 0 bridgehead atoms. The summed E-state index contributed by atoms with van der Waals surface area (Å²) in [6.45, 7) is 0.336. The summed E-state index contributed by atoms with van der Waals surface area (Å²) in [4.78, 5) is 31.7. The molecule has 5 rings (SSSR count). The maximum atomic E-state index is 13.7. The van der Waals surface area contributed by atoms with Crippen molar-refractivity contribution in [2.45, 2.75) is 6.54 Å². The molecular weight excluding hydrogens is 374 g/mol. The van der Waals surface area contributed by atoms with Crippen LogP contribution in [-0.4, -0.2) is 14.1 Å². The van der Waals surface area contributed by atoms with Crippen LogP contribution in [0.2, 0.25) is 0 Å². The van der Waals surface area contributed by atoms with E-state index >= 15 is 0 Å². The molecule has 0 atom stereocenters. The Morgan fingerprint density at radius 3 is 2.17 bits per heavy atom. The molecule has 5 aromatic rings. The molecule has 0 aliphatic carbocycles. The number of hydrogen-bond acceptors (Lipinski definition) is 3. The fourth-order valence-corrected chi connectivity index (χ4v) is 3.91. The van der Waals surface area contributed by atoms with Crippen LogP contribution in [0.15, 0.2) is 94.5 Å². The SMILES string of the molecule is Cn1c2ccccc2c(=O)c2c(=O)n(Cc3ccccc3)c(-c3ccccc3)nc21. The van der Waals surface area contributed by atoms with Crippen molar-refractivity contribution in [3.05, 3.63) is 111 Å². The molecule has 3 aromatic carbocycles. The van der Waals surface area contributed by atoms with E-state index in [2.05, 4.69) is 0 Å². The van der Waals surface area contributed by atoms with Crippen LogP contribution in [0.25, 0.3) is 33.3 Å². The summed E-state index contributed by atoms with van der Waals surface area (Å²) < 4.78 is 3.43. The second-order valence-corrected chi connectivity index (χ2v) is 7.28. The van der Waals surface area contributed by atoms with Crippen molar-refractivity contribution in [1.82, 2.24) is 14.1 Å². The molecule has 0 radical (unpaired) electrons. The van der Waals surface area contributed by atoms with E-state index in [9.17, 15) is 9.59 Å². The first-order valence-corrected chi connectivity index (χ1v) is 9.77. The fraction of sp³-hybridized carbons (Fsp3) is 0.0800. The Bertz CT molecular complexity index is 1500. The second-order valence-electron chi connectivity index (χ2n) is 7.28. The van der Waals surface area contributed by atoms with Crippen molar-refractivity contribution in [3.8, 4) is 11.4 Å². The van der Waals surface area contributed by atoms with Gasteiger partial charge in [0.15, 0.2) is 5.65 Å². The van der Waals surface area contributed by atoms with Gasteiger partial charge in [-0.2, -0.15) is 0 Å². The lowest BCUT2D eigenvalue weighted by Crippen LogP contribution is -2.29. The van der Waals surface area contributed by atoms with E-state index < -0.39 is 0 Å². The lowest BCUT2D eigenvalue weighted by atomic mass is 10.1. The average molecular weight is 393 g/mol. The van der Waals surface area contributed by atoms with Gasteiger partial charge in [0.25, 0.3) is 5.56 Å². The van der Waals surface area contributed by atoms with E-state index in [0.29, 0.717) is 23.4 Å². The number of para-hydroxylation sites is 1. The number of rotatable bonds is 3. The molecule has 0 amide bonds. The van der Waals surface area contributed by atoms with Gasteiger partial charge >= 0.3 is 0 Å². The highest BCUT2D eigenvalue weighted by atomic mass is 16.1. The lowest BCUT2D eigenvalue weighted by molar-refractivity contribution is 0.754. The molecule has 0 aliphatic heterocycles. The molecule has 0 saturated carbocycles. The number of nitrogens with zero attached hydrogens (tertiary/aromatic N) is 3. The fourth-order valence-electron chi connectivity index (χ4n) is 3.91. The van der Waals surface area contributed by atoms with Crippen LogP contribution in [0, 0.1) is 0 Å². The summed E-state index contributed by atoms with van der Waals surface area (Å²) in [5.41, 5.74) is 2.34. The summed E-state index contributed by atoms with van der Waals surface area (Å²) in [5, 5.41) is 0.636. The van der Waals surface area contributed by atoms with E-state index in [1.807, 2.05) is 90.5 Å². The predicted octanol–water partition coefficient (Wildman–Crippen LogP) is 3.96. The first kappa shape index (κ1) is 18.1. The first-order valence-electron chi connectivity index (χ1n) is 9.77. The minimum Gasteiger partial charge on any atom is -0.328 e. The molecule has 146 valence electrons. The summed E-state index contributed by atoms with van der Waals surface area (Å²) in [6.07, 6.45) is 0. The topological polar surface area (TPSA) is 56.9 Å². The van der Waals surface area contributed by atoms with E-state index in [1.165, 1.54) is 0 Å². The monoisotopic (exact) mass is 393 g/mol. The van der Waals surface area contributed by atoms with Crippen molar-refractivity contribution < 1.29 is 0 Å². The summed E-state index contributed by atoms with van der Waals surface area (Å²) >= 11 is 0. The van der Waals surface area contributed by atoms with Gasteiger partial charge in [0.05, 0.1) is 12.1 Å². The van der Waals surface area contributed by atoms with Gasteiger partial charge in [-0.15, -0.1) is 0 Å². The third kappa shape index (κ3) is 2.83. The molecule has 0 spiro atoms. The van der Waals surface area contributed by atoms with Gasteiger partial charge in [-0.25, -0.2) is 4.98 Å². The standard InChI is InChI=1S/C25H19N3O2/c1-27-20-15-9-8-14-19(20)22(29)21-24(27)26-23(18-12-6-3-7-13-18)28(25(21)30)16-17-10-4-2-5-11-17/h2-15H,16H2,1H3. The van der Waals surface area contributed by atoms with Gasteiger partial charge in [0, 0.05) is 18.0 Å². The van der Waals surface area contributed by atoms with Gasteiger partial charge in [-0.05, 0) is 17.7 Å². The van der Waals surface area contributed by atoms with Crippen LogP contribution in [-0.2, 0) is 13.6 Å². The molecule has 2 aromatic heterocycles. The van der Waals surface area contributed by atoms with E-state index in [1.54, 1.807) is 10.6 Å². The Labute approximate surface area is 172 Å². The Balaban J connectivity index is 1.92. The molecule has 0 aliphatic rings. The van der Waals surface area contributed by atoms with Crippen molar-refractivity contribution in [1.29, 1.82) is 0 Å². The Morgan fingerprint density at radius 2 is 1.43 bits per heavy atom. The van der Waals surface area contributed by atoms with Crippen LogP contribution in [0.3, 0.4) is 0 Å². The zero-order valence-corrected chi connectivity index (χ0v) is 16.4. The zero-order valence-electron chi connectivity index (χ0n) is 16.4. The highest BCUT2D eigenvalue weighted by Gasteiger charge is 2.19. The van der Waals surface area contributed by atoms with Gasteiger partial charge in [0.1, 0.15) is 11.2 Å². The van der Waals surface area contributed by atoms with Crippen LogP contribution in [0.1, 0.15) is 5.56 Å². The summed E-state index contributed by atoms with van der Waals surface area (Å²) in [5.74, 6) is 0.544. The smallest absolute Gasteiger partial charge is 0.267 e.